The largest absolute Gasteiger partial charge is 0.507 e. The molecule has 0 amide bonds. The molecule has 0 atom stereocenters. The second kappa shape index (κ2) is 20.7. The van der Waals surface area contributed by atoms with Crippen LogP contribution in [0.15, 0.2) is 73.3 Å². The number of halogens is 2. The number of ether oxygens (including phenoxy) is 5. The summed E-state index contributed by atoms with van der Waals surface area (Å²) in [6.45, 7) is 0.171. The first-order chi connectivity index (χ1) is 21.7. The van der Waals surface area contributed by atoms with Crippen molar-refractivity contribution in [3.8, 4) is 23.0 Å². The number of phenolic OH excluding ortho intramolecular Hbond substituents is 1. The average molecular weight is 676 g/mol. The second-order valence-corrected chi connectivity index (χ2v) is 8.89. The topological polar surface area (TPSA) is 160 Å². The highest BCUT2D eigenvalue weighted by Gasteiger charge is 2.09. The smallest absolute Gasteiger partial charge is 0.339 e. The fraction of sp³-hybridized carbons (Fsp3) is 0.188. The molecule has 46 heavy (non-hydrogen) atoms. The van der Waals surface area contributed by atoms with Crippen molar-refractivity contribution in [2.24, 2.45) is 0 Å². The maximum Gasteiger partial charge on any atom is 0.339 e. The number of phenols is 1. The van der Waals surface area contributed by atoms with Crippen molar-refractivity contribution in [2.75, 3.05) is 28.4 Å². The summed E-state index contributed by atoms with van der Waals surface area (Å²) < 4.78 is 24.6. The third kappa shape index (κ3) is 12.1. The molecule has 2 heterocycles. The first-order valence-corrected chi connectivity index (χ1v) is 13.5. The monoisotopic (exact) mass is 674 g/mol. The van der Waals surface area contributed by atoms with Gasteiger partial charge in [-0.25, -0.2) is 9.59 Å². The molecule has 4 aromatic rings. The Kier molecular flexibility index (Phi) is 17.5. The van der Waals surface area contributed by atoms with E-state index >= 15 is 0 Å². The minimum Gasteiger partial charge on any atom is -0.507 e. The van der Waals surface area contributed by atoms with Crippen LogP contribution < -0.4 is 14.2 Å². The van der Waals surface area contributed by atoms with E-state index < -0.39 is 11.9 Å². The molecule has 0 radical (unpaired) electrons. The van der Waals surface area contributed by atoms with Crippen molar-refractivity contribution >= 4 is 48.5 Å². The van der Waals surface area contributed by atoms with Crippen molar-refractivity contribution in [1.82, 2.24) is 9.97 Å². The molecule has 244 valence electrons. The van der Waals surface area contributed by atoms with Crippen LogP contribution in [0.4, 0.5) is 0 Å². The number of carbonyl (C=O) groups is 4. The van der Waals surface area contributed by atoms with E-state index in [0.717, 1.165) is 11.8 Å². The molecule has 0 unspecified atom stereocenters. The minimum absolute atomic E-state index is 0. The lowest BCUT2D eigenvalue weighted by molar-refractivity contribution is 0.0591. The highest BCUT2D eigenvalue weighted by Crippen LogP contribution is 2.21. The number of nitrogens with zero attached hydrogens (tertiary/aromatic N) is 2. The molecule has 14 heteroatoms. The Balaban J connectivity index is 0.000000374. The Morgan fingerprint density at radius 1 is 0.739 bits per heavy atom. The summed E-state index contributed by atoms with van der Waals surface area (Å²) >= 11 is 5.55. The van der Waals surface area contributed by atoms with Crippen molar-refractivity contribution in [1.29, 1.82) is 0 Å². The molecule has 0 saturated carbocycles. The van der Waals surface area contributed by atoms with E-state index in [-0.39, 0.29) is 30.3 Å². The van der Waals surface area contributed by atoms with E-state index in [2.05, 4.69) is 19.4 Å². The Morgan fingerprint density at radius 2 is 1.28 bits per heavy atom. The molecule has 0 aliphatic rings. The summed E-state index contributed by atoms with van der Waals surface area (Å²) in [6, 6.07) is 12.8. The quantitative estimate of drug-likeness (QED) is 0.128. The number of methoxy groups -OCH3 is 4. The number of carbonyl (C=O) groups excluding carboxylic acids is 4. The van der Waals surface area contributed by atoms with Gasteiger partial charge in [-0.15, -0.1) is 24.0 Å². The molecule has 0 bridgehead atoms. The average Bonchev–Trinajstić information content (AvgIpc) is 3.10. The van der Waals surface area contributed by atoms with Crippen molar-refractivity contribution in [2.45, 2.75) is 12.5 Å². The lowest BCUT2D eigenvalue weighted by Gasteiger charge is -2.10. The molecule has 4 rings (SSSR count). The third-order valence-corrected chi connectivity index (χ3v) is 6.05. The maximum absolute atomic E-state index is 11.4. The van der Waals surface area contributed by atoms with Crippen molar-refractivity contribution < 1.29 is 48.0 Å². The van der Waals surface area contributed by atoms with Crippen LogP contribution in [0.25, 0.3) is 0 Å². The number of alkyl halides is 1. The molecule has 0 aliphatic heterocycles. The number of aromatic nitrogens is 2. The molecule has 2 aromatic carbocycles. The summed E-state index contributed by atoms with van der Waals surface area (Å²) in [4.78, 5) is 51.6. The highest BCUT2D eigenvalue weighted by molar-refractivity contribution is 6.17. The summed E-state index contributed by atoms with van der Waals surface area (Å²) in [7, 11) is 5.66. The van der Waals surface area contributed by atoms with Crippen molar-refractivity contribution in [3.63, 3.8) is 0 Å². The van der Waals surface area contributed by atoms with Crippen LogP contribution >= 0.6 is 24.0 Å². The predicted molar refractivity (Wildman–Crippen MR) is 171 cm³/mol. The molecule has 1 N–H and O–H groups in total. The molecule has 0 aliphatic carbocycles. The lowest BCUT2D eigenvalue weighted by atomic mass is 10.1. The normalized spacial score (nSPS) is 9.41. The second-order valence-electron chi connectivity index (χ2n) is 8.62. The first kappa shape index (κ1) is 38.8. The van der Waals surface area contributed by atoms with Gasteiger partial charge >= 0.3 is 11.9 Å². The Morgan fingerprint density at radius 3 is 1.83 bits per heavy atom. The maximum atomic E-state index is 11.4. The predicted octanol–water partition coefficient (Wildman–Crippen LogP) is 5.51. The summed E-state index contributed by atoms with van der Waals surface area (Å²) in [5, 5.41) is 9.04. The Bertz CT molecular complexity index is 1600. The van der Waals surface area contributed by atoms with E-state index in [1.165, 1.54) is 65.2 Å². The molecular formula is C32H32Cl2N2O10. The Labute approximate surface area is 276 Å². The van der Waals surface area contributed by atoms with Gasteiger partial charge in [-0.2, -0.15) is 0 Å². The van der Waals surface area contributed by atoms with Crippen LogP contribution in [-0.2, 0) is 22.0 Å². The molecule has 12 nitrogen and oxygen atoms in total. The van der Waals surface area contributed by atoms with E-state index in [9.17, 15) is 19.2 Å². The van der Waals surface area contributed by atoms with Gasteiger partial charge < -0.3 is 28.8 Å². The zero-order valence-electron chi connectivity index (χ0n) is 25.3. The third-order valence-electron chi connectivity index (χ3n) is 5.74. The molecule has 2 aromatic heterocycles. The number of esters is 2. The van der Waals surface area contributed by atoms with Gasteiger partial charge in [0.05, 0.1) is 51.3 Å². The van der Waals surface area contributed by atoms with Gasteiger partial charge in [0.25, 0.3) is 0 Å². The van der Waals surface area contributed by atoms with Crippen LogP contribution in [0.1, 0.15) is 52.6 Å². The van der Waals surface area contributed by atoms with Gasteiger partial charge in [0.15, 0.2) is 12.6 Å². The van der Waals surface area contributed by atoms with Crippen molar-refractivity contribution in [3.05, 3.63) is 107 Å². The fourth-order valence-corrected chi connectivity index (χ4v) is 3.52. The number of benzene rings is 2. The van der Waals surface area contributed by atoms with Gasteiger partial charge in [-0.05, 0) is 48.0 Å². The summed E-state index contributed by atoms with van der Waals surface area (Å²) in [5.41, 5.74) is 2.96. The standard InChI is InChI=1S/C16H15NO5.C8H8ClNO2.C8H8O3.ClH/c1-20-14-4-3-11(13(6-14)9-18)10-22-15-5-12(7-17-8-15)16(19)21-2;1-12-8(11)7-2-6(3-9)4-10-5-7;1-11-7-2-3-8(10)6(4-7)5-9;/h3-9H,10H2,1-2H3;2,4-5H,3H2,1H3;2-5,10H,1H3;1H. The zero-order chi connectivity index (χ0) is 33.2. The number of hydrogen-bond acceptors (Lipinski definition) is 12. The molecule has 0 saturated heterocycles. The highest BCUT2D eigenvalue weighted by atomic mass is 35.5. The van der Waals surface area contributed by atoms with E-state index in [4.69, 9.17) is 30.9 Å². The number of aldehydes is 2. The van der Waals surface area contributed by atoms with E-state index in [0.29, 0.717) is 51.7 Å². The zero-order valence-corrected chi connectivity index (χ0v) is 26.9. The first-order valence-electron chi connectivity index (χ1n) is 12.9. The van der Waals surface area contributed by atoms with Gasteiger partial charge in [0, 0.05) is 35.6 Å². The molecule has 0 spiro atoms. The molecular weight excluding hydrogens is 643 g/mol. The fourth-order valence-electron chi connectivity index (χ4n) is 3.37. The number of rotatable bonds is 10. The number of hydrogen-bond donors (Lipinski definition) is 1. The van der Waals surface area contributed by atoms with E-state index in [1.807, 2.05) is 0 Å². The lowest BCUT2D eigenvalue weighted by Crippen LogP contribution is -2.04. The molecule has 0 fully saturated rings. The van der Waals surface area contributed by atoms with Crippen LogP contribution in [0, 0.1) is 0 Å². The summed E-state index contributed by atoms with van der Waals surface area (Å²) in [6.07, 6.45) is 7.25. The van der Waals surface area contributed by atoms with Gasteiger partial charge in [-0.1, -0.05) is 6.07 Å². The van der Waals surface area contributed by atoms with Gasteiger partial charge in [0.2, 0.25) is 0 Å². The SMILES string of the molecule is COC(=O)c1cncc(CCl)c1.COC(=O)c1cncc(OCc2ccc(OC)cc2C=O)c1.COc1ccc(O)c(C=O)c1.Cl. The summed E-state index contributed by atoms with van der Waals surface area (Å²) in [5.74, 6) is 1.00. The van der Waals surface area contributed by atoms with Crippen LogP contribution in [0.3, 0.4) is 0 Å². The van der Waals surface area contributed by atoms with Gasteiger partial charge in [-0.3, -0.25) is 19.6 Å². The van der Waals surface area contributed by atoms with Gasteiger partial charge in [0.1, 0.15) is 29.6 Å². The van der Waals surface area contributed by atoms with Crippen LogP contribution in [-0.4, -0.2) is 68.0 Å². The van der Waals surface area contributed by atoms with Crippen LogP contribution in [0.2, 0.25) is 0 Å². The van der Waals surface area contributed by atoms with E-state index in [1.54, 1.807) is 36.5 Å². The Hall–Kier alpha value is -5.20. The van der Waals surface area contributed by atoms with Crippen LogP contribution in [0.5, 0.6) is 23.0 Å². The minimum atomic E-state index is -0.490. The number of aromatic hydroxyl groups is 1. The number of pyridine rings is 2.